The summed E-state index contributed by atoms with van der Waals surface area (Å²) < 4.78 is 5.82. The van der Waals surface area contributed by atoms with Crippen LogP contribution >= 0.6 is 15.9 Å². The predicted octanol–water partition coefficient (Wildman–Crippen LogP) is 1.75. The van der Waals surface area contributed by atoms with Crippen LogP contribution in [0.25, 0.3) is 0 Å². The van der Waals surface area contributed by atoms with Gasteiger partial charge in [0.1, 0.15) is 10.2 Å². The first-order chi connectivity index (χ1) is 8.08. The number of halogens is 1. The lowest BCUT2D eigenvalue weighted by Crippen LogP contribution is -2.12. The fraction of sp³-hybridized carbons (Fsp3) is 0.300. The van der Waals surface area contributed by atoms with Crippen molar-refractivity contribution in [3.8, 4) is 0 Å². The molecule has 0 aliphatic heterocycles. The minimum Gasteiger partial charge on any atom is -0.444 e. The number of hydrogen-bond donors (Lipinski definition) is 2. The van der Waals surface area contributed by atoms with Crippen molar-refractivity contribution in [3.63, 3.8) is 0 Å². The van der Waals surface area contributed by atoms with Crippen LogP contribution in [0.2, 0.25) is 0 Å². The number of anilines is 1. The normalized spacial score (nSPS) is 10.5. The van der Waals surface area contributed by atoms with E-state index in [1.54, 1.807) is 0 Å². The molecule has 0 saturated carbocycles. The molecule has 0 saturated heterocycles. The third-order valence-electron chi connectivity index (χ3n) is 2.30. The summed E-state index contributed by atoms with van der Waals surface area (Å²) >= 11 is 3.18. The van der Waals surface area contributed by atoms with Gasteiger partial charge in [0, 0.05) is 0 Å². The summed E-state index contributed by atoms with van der Waals surface area (Å²) in [5, 5.41) is 9.04. The van der Waals surface area contributed by atoms with Crippen LogP contribution in [-0.4, -0.2) is 15.2 Å². The van der Waals surface area contributed by atoms with Crippen LogP contribution in [0.5, 0.6) is 0 Å². The van der Waals surface area contributed by atoms with Crippen molar-refractivity contribution in [1.29, 1.82) is 0 Å². The lowest BCUT2D eigenvalue weighted by atomic mass is 10.4. The molecule has 0 radical (unpaired) electrons. The largest absolute Gasteiger partial charge is 0.444 e. The number of nitrogens with zero attached hydrogens (tertiary/aromatic N) is 2. The first-order valence-corrected chi connectivity index (χ1v) is 5.77. The van der Waals surface area contributed by atoms with Crippen LogP contribution in [-0.2, 0) is 6.54 Å². The van der Waals surface area contributed by atoms with Gasteiger partial charge in [-0.05, 0) is 29.8 Å². The van der Waals surface area contributed by atoms with E-state index < -0.39 is 0 Å². The van der Waals surface area contributed by atoms with Gasteiger partial charge in [0.15, 0.2) is 0 Å². The van der Waals surface area contributed by atoms with Gasteiger partial charge in [0.25, 0.3) is 5.56 Å². The second kappa shape index (κ2) is 4.70. The van der Waals surface area contributed by atoms with E-state index in [-0.39, 0.29) is 5.56 Å². The van der Waals surface area contributed by atoms with Crippen LogP contribution in [0.1, 0.15) is 17.3 Å². The Morgan fingerprint density at radius 2 is 2.29 bits per heavy atom. The zero-order chi connectivity index (χ0) is 12.4. The number of oxazole rings is 1. The van der Waals surface area contributed by atoms with Gasteiger partial charge in [-0.1, -0.05) is 0 Å². The van der Waals surface area contributed by atoms with Crippen molar-refractivity contribution in [2.24, 2.45) is 0 Å². The molecule has 2 aromatic heterocycles. The summed E-state index contributed by atoms with van der Waals surface area (Å²) in [6.45, 7) is 4.14. The molecule has 90 valence electrons. The molecule has 6 nitrogen and oxygen atoms in total. The van der Waals surface area contributed by atoms with Crippen LogP contribution in [0.4, 0.5) is 5.69 Å². The third kappa shape index (κ3) is 2.55. The van der Waals surface area contributed by atoms with E-state index >= 15 is 0 Å². The minimum atomic E-state index is -0.283. The van der Waals surface area contributed by atoms with Crippen molar-refractivity contribution in [3.05, 3.63) is 38.4 Å². The Hall–Kier alpha value is -1.63. The van der Waals surface area contributed by atoms with Gasteiger partial charge >= 0.3 is 0 Å². The van der Waals surface area contributed by atoms with Gasteiger partial charge in [-0.25, -0.2) is 10.1 Å². The molecule has 0 spiro atoms. The molecular weight excluding hydrogens is 288 g/mol. The number of aromatic amines is 1. The molecule has 7 heteroatoms. The molecule has 2 heterocycles. The van der Waals surface area contributed by atoms with Crippen LogP contribution in [0, 0.1) is 13.8 Å². The zero-order valence-corrected chi connectivity index (χ0v) is 11.0. The highest BCUT2D eigenvalue weighted by molar-refractivity contribution is 9.10. The Morgan fingerprint density at radius 1 is 1.53 bits per heavy atom. The van der Waals surface area contributed by atoms with Crippen molar-refractivity contribution in [1.82, 2.24) is 15.2 Å². The maximum atomic E-state index is 11.3. The van der Waals surface area contributed by atoms with Gasteiger partial charge in [-0.15, -0.1) is 0 Å². The van der Waals surface area contributed by atoms with E-state index in [1.807, 2.05) is 13.8 Å². The van der Waals surface area contributed by atoms with Crippen LogP contribution in [0.15, 0.2) is 19.9 Å². The molecule has 0 aliphatic carbocycles. The van der Waals surface area contributed by atoms with Crippen LogP contribution < -0.4 is 10.9 Å². The molecule has 0 amide bonds. The minimum absolute atomic E-state index is 0.283. The molecule has 0 fully saturated rings. The fourth-order valence-corrected chi connectivity index (χ4v) is 1.62. The molecule has 0 aliphatic rings. The van der Waals surface area contributed by atoms with Gasteiger partial charge in [-0.2, -0.15) is 5.10 Å². The third-order valence-corrected chi connectivity index (χ3v) is 3.09. The standard InChI is InChI=1S/C10H11BrN4O2/c1-5-6(2)17-8(14-5)4-12-7-3-13-15-10(16)9(7)11/h3H,4H2,1-2H3,(H2,12,15,16). The molecule has 2 N–H and O–H groups in total. The second-order valence-electron chi connectivity index (χ2n) is 3.53. The van der Waals surface area contributed by atoms with E-state index in [4.69, 9.17) is 4.42 Å². The van der Waals surface area contributed by atoms with Gasteiger partial charge < -0.3 is 9.73 Å². The Balaban J connectivity index is 2.12. The highest BCUT2D eigenvalue weighted by Crippen LogP contribution is 2.17. The number of aryl methyl sites for hydroxylation is 2. The molecule has 0 unspecified atom stereocenters. The van der Waals surface area contributed by atoms with Crippen molar-refractivity contribution >= 4 is 21.6 Å². The first-order valence-electron chi connectivity index (χ1n) is 4.98. The second-order valence-corrected chi connectivity index (χ2v) is 4.32. The summed E-state index contributed by atoms with van der Waals surface area (Å²) in [5.41, 5.74) is 1.18. The molecule has 0 bridgehead atoms. The fourth-order valence-electron chi connectivity index (χ4n) is 1.29. The SMILES string of the molecule is Cc1nc(CNc2cn[nH]c(=O)c2Br)oc1C. The molecule has 0 aromatic carbocycles. The van der Waals surface area contributed by atoms with Crippen molar-refractivity contribution in [2.75, 3.05) is 5.32 Å². The van der Waals surface area contributed by atoms with Gasteiger partial charge in [-0.3, -0.25) is 4.79 Å². The summed E-state index contributed by atoms with van der Waals surface area (Å²) in [7, 11) is 0. The Labute approximate surface area is 106 Å². The number of nitrogens with one attached hydrogen (secondary N) is 2. The van der Waals surface area contributed by atoms with Gasteiger partial charge in [0.2, 0.25) is 5.89 Å². The Kier molecular flexibility index (Phi) is 3.28. The highest BCUT2D eigenvalue weighted by Gasteiger charge is 2.07. The predicted molar refractivity (Wildman–Crippen MR) is 65.9 cm³/mol. The number of aromatic nitrogens is 3. The summed E-state index contributed by atoms with van der Waals surface area (Å²) in [6.07, 6.45) is 1.52. The van der Waals surface area contributed by atoms with Gasteiger partial charge in [0.05, 0.1) is 24.1 Å². The van der Waals surface area contributed by atoms with E-state index in [1.165, 1.54) is 6.20 Å². The maximum Gasteiger partial charge on any atom is 0.280 e. The van der Waals surface area contributed by atoms with Crippen molar-refractivity contribution in [2.45, 2.75) is 20.4 Å². The molecule has 2 aromatic rings. The molecule has 0 atom stereocenters. The zero-order valence-electron chi connectivity index (χ0n) is 9.37. The summed E-state index contributed by atoms with van der Waals surface area (Å²) in [4.78, 5) is 15.5. The topological polar surface area (TPSA) is 83.8 Å². The molecule has 17 heavy (non-hydrogen) atoms. The number of rotatable bonds is 3. The highest BCUT2D eigenvalue weighted by atomic mass is 79.9. The Morgan fingerprint density at radius 3 is 2.94 bits per heavy atom. The monoisotopic (exact) mass is 298 g/mol. The Bertz CT molecular complexity index is 571. The lowest BCUT2D eigenvalue weighted by molar-refractivity contribution is 0.478. The number of hydrogen-bond acceptors (Lipinski definition) is 5. The first kappa shape index (κ1) is 11.8. The van der Waals surface area contributed by atoms with E-state index in [2.05, 4.69) is 36.4 Å². The maximum absolute atomic E-state index is 11.3. The average Bonchev–Trinajstić information content (AvgIpc) is 2.61. The molecule has 2 rings (SSSR count). The average molecular weight is 299 g/mol. The summed E-state index contributed by atoms with van der Waals surface area (Å²) in [6, 6.07) is 0. The van der Waals surface area contributed by atoms with E-state index in [9.17, 15) is 4.79 Å². The lowest BCUT2D eigenvalue weighted by Gasteiger charge is -2.03. The van der Waals surface area contributed by atoms with Crippen LogP contribution in [0.3, 0.4) is 0 Å². The smallest absolute Gasteiger partial charge is 0.280 e. The quantitative estimate of drug-likeness (QED) is 0.902. The van der Waals surface area contributed by atoms with Crippen molar-refractivity contribution < 1.29 is 4.42 Å². The molecular formula is C10H11BrN4O2. The summed E-state index contributed by atoms with van der Waals surface area (Å²) in [5.74, 6) is 1.37. The number of H-pyrrole nitrogens is 1. The van der Waals surface area contributed by atoms with E-state index in [0.29, 0.717) is 22.6 Å². The van der Waals surface area contributed by atoms with E-state index in [0.717, 1.165) is 11.5 Å².